The zero-order valence-electron chi connectivity index (χ0n) is 15.3. The highest BCUT2D eigenvalue weighted by atomic mass is 32.2. The molecule has 3 aromatic rings. The minimum absolute atomic E-state index is 0.368. The summed E-state index contributed by atoms with van der Waals surface area (Å²) in [4.78, 5) is 12.3. The van der Waals surface area contributed by atoms with Crippen LogP contribution in [0.4, 0.5) is 5.69 Å². The van der Waals surface area contributed by atoms with Gasteiger partial charge in [0, 0.05) is 5.39 Å². The van der Waals surface area contributed by atoms with Crippen molar-refractivity contribution < 1.29 is 17.6 Å². The summed E-state index contributed by atoms with van der Waals surface area (Å²) in [7, 11) is -3.68. The molecule has 1 aromatic heterocycles. The third-order valence-electron chi connectivity index (χ3n) is 4.73. The number of hydrogen-bond donors (Lipinski definition) is 1. The summed E-state index contributed by atoms with van der Waals surface area (Å²) in [5.41, 5.74) is 5.24. The predicted molar refractivity (Wildman–Crippen MR) is 108 cm³/mol. The van der Waals surface area contributed by atoms with E-state index >= 15 is 0 Å². The number of nitrogens with zero attached hydrogens (tertiary/aromatic N) is 2. The molecule has 1 amide bonds. The molecular formula is C20H19N3O4S. The van der Waals surface area contributed by atoms with Gasteiger partial charge in [0.1, 0.15) is 12.3 Å². The molecule has 0 unspecified atom stereocenters. The topological polar surface area (TPSA) is 92.0 Å². The average molecular weight is 397 g/mol. The highest BCUT2D eigenvalue weighted by Gasteiger charge is 2.25. The number of furan rings is 1. The lowest BCUT2D eigenvalue weighted by Gasteiger charge is -2.23. The number of nitrogens with one attached hydrogen (secondary N) is 1. The van der Waals surface area contributed by atoms with Crippen molar-refractivity contribution in [3.63, 3.8) is 0 Å². The molecule has 0 radical (unpaired) electrons. The van der Waals surface area contributed by atoms with Crippen LogP contribution < -0.4 is 9.73 Å². The number of aryl methyl sites for hydroxylation is 2. The van der Waals surface area contributed by atoms with Crippen molar-refractivity contribution in [2.45, 2.75) is 12.8 Å². The Morgan fingerprint density at radius 1 is 1.18 bits per heavy atom. The van der Waals surface area contributed by atoms with Gasteiger partial charge in [-0.25, -0.2) is 13.8 Å². The van der Waals surface area contributed by atoms with Crippen LogP contribution in [0.2, 0.25) is 0 Å². The van der Waals surface area contributed by atoms with Gasteiger partial charge >= 0.3 is 0 Å². The Labute approximate surface area is 162 Å². The van der Waals surface area contributed by atoms with Gasteiger partial charge in [0.05, 0.1) is 24.4 Å². The summed E-state index contributed by atoms with van der Waals surface area (Å²) in [6, 6.07) is 13.0. The van der Waals surface area contributed by atoms with E-state index in [1.54, 1.807) is 18.2 Å². The highest BCUT2D eigenvalue weighted by molar-refractivity contribution is 7.92. The molecule has 0 bridgehead atoms. The average Bonchev–Trinajstić information content (AvgIpc) is 3.31. The molecule has 0 spiro atoms. The fourth-order valence-corrected chi connectivity index (χ4v) is 4.40. The number of sulfonamides is 1. The number of hydrogen-bond acceptors (Lipinski definition) is 5. The molecule has 0 fully saturated rings. The second-order valence-electron chi connectivity index (χ2n) is 6.66. The van der Waals surface area contributed by atoms with E-state index in [4.69, 9.17) is 4.42 Å². The van der Waals surface area contributed by atoms with Crippen LogP contribution in [0.1, 0.15) is 16.9 Å². The van der Waals surface area contributed by atoms with E-state index in [-0.39, 0.29) is 6.54 Å². The third-order valence-corrected chi connectivity index (χ3v) is 5.86. The zero-order chi connectivity index (χ0) is 19.7. The molecule has 0 saturated heterocycles. The maximum atomic E-state index is 12.4. The van der Waals surface area contributed by atoms with Gasteiger partial charge in [-0.3, -0.25) is 9.10 Å². The lowest BCUT2D eigenvalue weighted by molar-refractivity contribution is -0.119. The van der Waals surface area contributed by atoms with Crippen molar-refractivity contribution >= 4 is 38.6 Å². The van der Waals surface area contributed by atoms with Crippen LogP contribution in [0.15, 0.2) is 58.2 Å². The van der Waals surface area contributed by atoms with Crippen LogP contribution in [0, 0.1) is 0 Å². The Hall–Kier alpha value is -3.13. The highest BCUT2D eigenvalue weighted by Crippen LogP contribution is 2.37. The smallest absolute Gasteiger partial charge is 0.260 e. The molecule has 7 nitrogen and oxygen atoms in total. The molecule has 0 saturated carbocycles. The molecule has 1 N–H and O–H groups in total. The maximum Gasteiger partial charge on any atom is 0.260 e. The molecule has 1 aliphatic rings. The van der Waals surface area contributed by atoms with Gasteiger partial charge in [0.2, 0.25) is 10.0 Å². The van der Waals surface area contributed by atoms with E-state index in [9.17, 15) is 13.2 Å². The van der Waals surface area contributed by atoms with E-state index < -0.39 is 15.9 Å². The van der Waals surface area contributed by atoms with E-state index in [2.05, 4.69) is 16.6 Å². The van der Waals surface area contributed by atoms with Gasteiger partial charge in [-0.15, -0.1) is 0 Å². The monoisotopic (exact) mass is 397 g/mol. The van der Waals surface area contributed by atoms with Crippen molar-refractivity contribution in [3.05, 3.63) is 65.6 Å². The fourth-order valence-electron chi connectivity index (χ4n) is 3.53. The van der Waals surface area contributed by atoms with Crippen LogP contribution in [-0.4, -0.2) is 33.3 Å². The van der Waals surface area contributed by atoms with Crippen molar-refractivity contribution in [2.24, 2.45) is 5.10 Å². The quantitative estimate of drug-likeness (QED) is 0.511. The number of carbonyl (C=O) groups is 1. The Kier molecular flexibility index (Phi) is 4.64. The van der Waals surface area contributed by atoms with Crippen molar-refractivity contribution in [1.82, 2.24) is 5.43 Å². The Balaban J connectivity index is 1.63. The molecule has 1 heterocycles. The van der Waals surface area contributed by atoms with Crippen LogP contribution in [0.3, 0.4) is 0 Å². The SMILES string of the molecule is CS(=O)(=O)N(CC(=O)N/N=C/c1ccco1)c1ccc2c3c(cccc13)CC2. The Morgan fingerprint density at radius 3 is 2.68 bits per heavy atom. The van der Waals surface area contributed by atoms with Crippen LogP contribution in [-0.2, 0) is 27.7 Å². The van der Waals surface area contributed by atoms with E-state index in [0.717, 1.165) is 34.2 Å². The molecule has 0 aliphatic heterocycles. The lowest BCUT2D eigenvalue weighted by Crippen LogP contribution is -2.39. The number of amides is 1. The van der Waals surface area contributed by atoms with Gasteiger partial charge in [0.25, 0.3) is 5.91 Å². The summed E-state index contributed by atoms with van der Waals surface area (Å²) in [5, 5.41) is 5.73. The summed E-state index contributed by atoms with van der Waals surface area (Å²) in [6.45, 7) is -0.368. The standard InChI is InChI=1S/C20H19N3O4S/c1-28(25,26)23(13-19(24)22-21-12-16-5-3-11-27-16)18-10-9-15-8-7-14-4-2-6-17(18)20(14)15/h2-6,9-12H,7-8,13H2,1H3,(H,22,24)/b21-12+. The van der Waals surface area contributed by atoms with Gasteiger partial charge in [-0.2, -0.15) is 5.10 Å². The van der Waals surface area contributed by atoms with Crippen molar-refractivity contribution in [3.8, 4) is 0 Å². The molecule has 8 heteroatoms. The zero-order valence-corrected chi connectivity index (χ0v) is 16.1. The minimum atomic E-state index is -3.68. The van der Waals surface area contributed by atoms with Crippen LogP contribution in [0.25, 0.3) is 10.8 Å². The van der Waals surface area contributed by atoms with Crippen molar-refractivity contribution in [1.29, 1.82) is 0 Å². The van der Waals surface area contributed by atoms with E-state index in [0.29, 0.717) is 11.4 Å². The van der Waals surface area contributed by atoms with Gasteiger partial charge in [-0.1, -0.05) is 24.3 Å². The molecule has 4 rings (SSSR count). The molecule has 1 aliphatic carbocycles. The number of carbonyl (C=O) groups excluding carboxylic acids is 1. The number of benzene rings is 2. The largest absolute Gasteiger partial charge is 0.463 e. The first-order chi connectivity index (χ1) is 13.4. The second-order valence-corrected chi connectivity index (χ2v) is 8.57. The number of anilines is 1. The summed E-state index contributed by atoms with van der Waals surface area (Å²) >= 11 is 0. The number of hydrazone groups is 1. The predicted octanol–water partition coefficient (Wildman–Crippen LogP) is 2.45. The molecule has 0 atom stereocenters. The first kappa shape index (κ1) is 18.2. The third kappa shape index (κ3) is 3.50. The van der Waals surface area contributed by atoms with Gasteiger partial charge in [0.15, 0.2) is 0 Å². The first-order valence-electron chi connectivity index (χ1n) is 8.80. The van der Waals surface area contributed by atoms with Gasteiger partial charge in [-0.05, 0) is 47.6 Å². The molecule has 28 heavy (non-hydrogen) atoms. The Bertz CT molecular complexity index is 1160. The minimum Gasteiger partial charge on any atom is -0.463 e. The maximum absolute atomic E-state index is 12.4. The van der Waals surface area contributed by atoms with Crippen molar-refractivity contribution in [2.75, 3.05) is 17.1 Å². The fraction of sp³-hybridized carbons (Fsp3) is 0.200. The Morgan fingerprint density at radius 2 is 1.96 bits per heavy atom. The van der Waals surface area contributed by atoms with Crippen LogP contribution >= 0.6 is 0 Å². The van der Waals surface area contributed by atoms with Gasteiger partial charge < -0.3 is 4.42 Å². The number of rotatable bonds is 6. The first-order valence-corrected chi connectivity index (χ1v) is 10.6. The van der Waals surface area contributed by atoms with E-state index in [1.807, 2.05) is 18.2 Å². The second kappa shape index (κ2) is 7.12. The van der Waals surface area contributed by atoms with E-state index in [1.165, 1.54) is 23.6 Å². The lowest BCUT2D eigenvalue weighted by atomic mass is 10.0. The summed E-state index contributed by atoms with van der Waals surface area (Å²) in [5.74, 6) is -0.0655. The normalized spacial score (nSPS) is 13.3. The molecule has 2 aromatic carbocycles. The molecular weight excluding hydrogens is 378 g/mol. The summed E-state index contributed by atoms with van der Waals surface area (Å²) < 4.78 is 31.1. The summed E-state index contributed by atoms with van der Waals surface area (Å²) in [6.07, 6.45) is 5.81. The van der Waals surface area contributed by atoms with Crippen LogP contribution in [0.5, 0.6) is 0 Å². The molecule has 144 valence electrons.